The van der Waals surface area contributed by atoms with E-state index in [0.29, 0.717) is 6.42 Å². The highest BCUT2D eigenvalue weighted by Gasteiger charge is 2.09. The molecule has 0 aliphatic rings. The molecule has 0 radical (unpaired) electrons. The summed E-state index contributed by atoms with van der Waals surface area (Å²) < 4.78 is 4.09. The molecule has 0 aromatic carbocycles. The molecule has 2 rings (SSSR count). The third kappa shape index (κ3) is 2.47. The summed E-state index contributed by atoms with van der Waals surface area (Å²) in [6.45, 7) is 1.89. The largest absolute Gasteiger partial charge is 0.293 e. The minimum Gasteiger partial charge on any atom is -0.293 e. The number of aryl methyl sites for hydroxylation is 1. The van der Waals surface area contributed by atoms with Crippen LogP contribution in [0.2, 0.25) is 0 Å². The molecule has 0 bridgehead atoms. The highest BCUT2D eigenvalue weighted by atomic mass is 32.1. The maximum atomic E-state index is 11.8. The molecule has 3 nitrogen and oxygen atoms in total. The SMILES string of the molecule is Cc1cc(C(=O)Cc2ccncc2)sn1. The van der Waals surface area contributed by atoms with Crippen LogP contribution in [0.15, 0.2) is 30.6 Å². The zero-order chi connectivity index (χ0) is 10.7. The first-order valence-corrected chi connectivity index (χ1v) is 5.38. The van der Waals surface area contributed by atoms with Gasteiger partial charge in [-0.2, -0.15) is 4.37 Å². The van der Waals surface area contributed by atoms with Crippen LogP contribution in [0, 0.1) is 6.92 Å². The highest BCUT2D eigenvalue weighted by molar-refractivity contribution is 7.08. The molecule has 0 saturated heterocycles. The third-order valence-corrected chi connectivity index (χ3v) is 2.94. The molecule has 0 unspecified atom stereocenters. The standard InChI is InChI=1S/C11H10N2OS/c1-8-6-11(15-13-8)10(14)7-9-2-4-12-5-3-9/h2-6H,7H2,1H3. The van der Waals surface area contributed by atoms with E-state index in [1.807, 2.05) is 25.1 Å². The average molecular weight is 218 g/mol. The Hall–Kier alpha value is -1.55. The van der Waals surface area contributed by atoms with Gasteiger partial charge in [0.05, 0.1) is 10.6 Å². The number of rotatable bonds is 3. The second-order valence-electron chi connectivity index (χ2n) is 3.29. The fourth-order valence-corrected chi connectivity index (χ4v) is 1.96. The van der Waals surface area contributed by atoms with Gasteiger partial charge < -0.3 is 0 Å². The molecule has 0 aliphatic carbocycles. The van der Waals surface area contributed by atoms with Gasteiger partial charge in [-0.3, -0.25) is 9.78 Å². The van der Waals surface area contributed by atoms with Gasteiger partial charge in [0.1, 0.15) is 0 Å². The highest BCUT2D eigenvalue weighted by Crippen LogP contribution is 2.12. The van der Waals surface area contributed by atoms with Crippen LogP contribution in [0.25, 0.3) is 0 Å². The van der Waals surface area contributed by atoms with E-state index in [-0.39, 0.29) is 5.78 Å². The van der Waals surface area contributed by atoms with Crippen LogP contribution in [-0.2, 0) is 6.42 Å². The Morgan fingerprint density at radius 1 is 1.40 bits per heavy atom. The Labute approximate surface area is 92.0 Å². The molecule has 4 heteroatoms. The average Bonchev–Trinajstić information content (AvgIpc) is 2.66. The minimum absolute atomic E-state index is 0.117. The first-order valence-electron chi connectivity index (χ1n) is 4.61. The lowest BCUT2D eigenvalue weighted by Gasteiger charge is -1.96. The molecule has 76 valence electrons. The predicted octanol–water partition coefficient (Wildman–Crippen LogP) is 2.27. The van der Waals surface area contributed by atoms with Crippen molar-refractivity contribution < 1.29 is 4.79 Å². The third-order valence-electron chi connectivity index (χ3n) is 2.02. The monoisotopic (exact) mass is 218 g/mol. The molecular formula is C11H10N2OS. The fourth-order valence-electron chi connectivity index (χ4n) is 1.27. The van der Waals surface area contributed by atoms with E-state index in [0.717, 1.165) is 16.1 Å². The van der Waals surface area contributed by atoms with E-state index in [4.69, 9.17) is 0 Å². The second kappa shape index (κ2) is 4.31. The van der Waals surface area contributed by atoms with Crippen LogP contribution in [0.4, 0.5) is 0 Å². The van der Waals surface area contributed by atoms with Crippen molar-refractivity contribution in [1.82, 2.24) is 9.36 Å². The predicted molar refractivity (Wildman–Crippen MR) is 59.1 cm³/mol. The van der Waals surface area contributed by atoms with Crippen LogP contribution in [-0.4, -0.2) is 15.1 Å². The molecule has 2 aromatic heterocycles. The molecule has 0 spiro atoms. The van der Waals surface area contributed by atoms with Crippen molar-refractivity contribution in [3.8, 4) is 0 Å². The van der Waals surface area contributed by atoms with Crippen LogP contribution >= 0.6 is 11.5 Å². The van der Waals surface area contributed by atoms with Crippen LogP contribution in [0.5, 0.6) is 0 Å². The van der Waals surface area contributed by atoms with Gasteiger partial charge in [0.15, 0.2) is 5.78 Å². The topological polar surface area (TPSA) is 42.9 Å². The van der Waals surface area contributed by atoms with Gasteiger partial charge in [-0.15, -0.1) is 0 Å². The summed E-state index contributed by atoms with van der Waals surface area (Å²) in [5.41, 5.74) is 1.89. The first kappa shape index (κ1) is 9.98. The quantitative estimate of drug-likeness (QED) is 0.742. The Balaban J connectivity index is 2.11. The zero-order valence-corrected chi connectivity index (χ0v) is 9.12. The number of carbonyl (C=O) groups excluding carboxylic acids is 1. The number of Topliss-reactive ketones (excluding diaryl/α,β-unsaturated/α-hetero) is 1. The summed E-state index contributed by atoms with van der Waals surface area (Å²) in [7, 11) is 0. The fraction of sp³-hybridized carbons (Fsp3) is 0.182. The molecule has 15 heavy (non-hydrogen) atoms. The van der Waals surface area contributed by atoms with Crippen LogP contribution in [0.3, 0.4) is 0 Å². The summed E-state index contributed by atoms with van der Waals surface area (Å²) in [6.07, 6.45) is 3.81. The maximum Gasteiger partial charge on any atom is 0.178 e. The number of hydrogen-bond donors (Lipinski definition) is 0. The van der Waals surface area contributed by atoms with Gasteiger partial charge in [-0.05, 0) is 42.2 Å². The van der Waals surface area contributed by atoms with Gasteiger partial charge in [-0.1, -0.05) is 0 Å². The minimum atomic E-state index is 0.117. The molecular weight excluding hydrogens is 208 g/mol. The first-order chi connectivity index (χ1) is 7.25. The van der Waals surface area contributed by atoms with Crippen LogP contribution in [0.1, 0.15) is 20.9 Å². The number of pyridine rings is 1. The van der Waals surface area contributed by atoms with Crippen molar-refractivity contribution in [2.75, 3.05) is 0 Å². The Morgan fingerprint density at radius 3 is 2.73 bits per heavy atom. The molecule has 0 aliphatic heterocycles. The van der Waals surface area contributed by atoms with E-state index >= 15 is 0 Å². The molecule has 0 fully saturated rings. The van der Waals surface area contributed by atoms with Gasteiger partial charge in [0.2, 0.25) is 0 Å². The smallest absolute Gasteiger partial charge is 0.178 e. The second-order valence-corrected chi connectivity index (χ2v) is 4.09. The van der Waals surface area contributed by atoms with Crippen molar-refractivity contribution in [2.45, 2.75) is 13.3 Å². The lowest BCUT2D eigenvalue weighted by molar-refractivity contribution is 0.0997. The lowest BCUT2D eigenvalue weighted by Crippen LogP contribution is -2.00. The van der Waals surface area contributed by atoms with Crippen LogP contribution < -0.4 is 0 Å². The van der Waals surface area contributed by atoms with E-state index in [2.05, 4.69) is 9.36 Å². The van der Waals surface area contributed by atoms with Gasteiger partial charge in [0, 0.05) is 18.8 Å². The number of aromatic nitrogens is 2. The summed E-state index contributed by atoms with van der Waals surface area (Å²) in [5, 5.41) is 0. The number of nitrogens with zero attached hydrogens (tertiary/aromatic N) is 2. The molecule has 0 atom stereocenters. The van der Waals surface area contributed by atoms with Crippen molar-refractivity contribution in [2.24, 2.45) is 0 Å². The molecule has 0 amide bonds. The summed E-state index contributed by atoms with van der Waals surface area (Å²) >= 11 is 1.26. The molecule has 0 N–H and O–H groups in total. The van der Waals surface area contributed by atoms with Gasteiger partial charge in [0.25, 0.3) is 0 Å². The Morgan fingerprint density at radius 2 is 2.13 bits per heavy atom. The number of carbonyl (C=O) groups is 1. The normalized spacial score (nSPS) is 10.2. The van der Waals surface area contributed by atoms with Crippen molar-refractivity contribution in [1.29, 1.82) is 0 Å². The Bertz CT molecular complexity index is 464. The van der Waals surface area contributed by atoms with Gasteiger partial charge in [-0.25, -0.2) is 0 Å². The van der Waals surface area contributed by atoms with Crippen molar-refractivity contribution in [3.63, 3.8) is 0 Å². The molecule has 2 aromatic rings. The van der Waals surface area contributed by atoms with Gasteiger partial charge >= 0.3 is 0 Å². The number of ketones is 1. The summed E-state index contributed by atoms with van der Waals surface area (Å²) in [5.74, 6) is 0.117. The Kier molecular flexibility index (Phi) is 2.87. The van der Waals surface area contributed by atoms with Crippen molar-refractivity contribution >= 4 is 17.3 Å². The van der Waals surface area contributed by atoms with E-state index in [1.54, 1.807) is 12.4 Å². The summed E-state index contributed by atoms with van der Waals surface area (Å²) in [4.78, 5) is 16.4. The molecule has 2 heterocycles. The van der Waals surface area contributed by atoms with E-state index in [1.165, 1.54) is 11.5 Å². The maximum absolute atomic E-state index is 11.8. The van der Waals surface area contributed by atoms with Crippen molar-refractivity contribution in [3.05, 3.63) is 46.7 Å². The lowest BCUT2D eigenvalue weighted by atomic mass is 10.1. The summed E-state index contributed by atoms with van der Waals surface area (Å²) in [6, 6.07) is 5.53. The van der Waals surface area contributed by atoms with E-state index < -0.39 is 0 Å². The van der Waals surface area contributed by atoms with E-state index in [9.17, 15) is 4.79 Å². The number of hydrogen-bond acceptors (Lipinski definition) is 4. The zero-order valence-electron chi connectivity index (χ0n) is 8.30. The molecule has 0 saturated carbocycles.